The Morgan fingerprint density at radius 2 is 2.00 bits per heavy atom. The second-order valence-electron chi connectivity index (χ2n) is 2.24. The van der Waals surface area contributed by atoms with Crippen LogP contribution in [0.25, 0.3) is 0 Å². The third-order valence-electron chi connectivity index (χ3n) is 1.28. The Labute approximate surface area is 77.0 Å². The number of benzene rings is 1. The summed E-state index contributed by atoms with van der Waals surface area (Å²) < 4.78 is 4.95. The molecule has 1 aromatic rings. The first kappa shape index (κ1) is 9.13. The van der Waals surface area contributed by atoms with Gasteiger partial charge in [0.25, 0.3) is 0 Å². The van der Waals surface area contributed by atoms with Crippen molar-refractivity contribution < 1.29 is 9.53 Å². The number of esters is 1. The van der Waals surface area contributed by atoms with Crippen LogP contribution >= 0.6 is 12.6 Å². The summed E-state index contributed by atoms with van der Waals surface area (Å²) in [4.78, 5) is 10.9. The molecule has 0 amide bonds. The largest absolute Gasteiger partial charge is 0.427 e. The van der Waals surface area contributed by atoms with E-state index in [2.05, 4.69) is 12.6 Å². The van der Waals surface area contributed by atoms with Gasteiger partial charge in [0.05, 0.1) is 6.42 Å². The molecule has 63 valence electrons. The van der Waals surface area contributed by atoms with Crippen LogP contribution in [0.2, 0.25) is 0 Å². The summed E-state index contributed by atoms with van der Waals surface area (Å²) in [5.74, 6) is 0.716. The Kier molecular flexibility index (Phi) is 3.67. The molecule has 0 aliphatic heterocycles. The van der Waals surface area contributed by atoms with Gasteiger partial charge in [-0.15, -0.1) is 0 Å². The van der Waals surface area contributed by atoms with Crippen LogP contribution in [0.1, 0.15) is 6.42 Å². The van der Waals surface area contributed by atoms with E-state index in [1.165, 1.54) is 0 Å². The predicted octanol–water partition coefficient (Wildman–Crippen LogP) is 2.18. The van der Waals surface area contributed by atoms with Crippen molar-refractivity contribution in [1.29, 1.82) is 0 Å². The summed E-state index contributed by atoms with van der Waals surface area (Å²) in [5.41, 5.74) is 0. The SMILES string of the molecule is O=C(CC[S])Oc1ccccc1. The van der Waals surface area contributed by atoms with Crippen LogP contribution in [-0.2, 0) is 4.79 Å². The van der Waals surface area contributed by atoms with Crippen molar-refractivity contribution in [3.05, 3.63) is 30.3 Å². The minimum absolute atomic E-state index is 0.267. The van der Waals surface area contributed by atoms with Crippen LogP contribution in [0.3, 0.4) is 0 Å². The Balaban J connectivity index is 2.47. The molecule has 1 rings (SSSR count). The number of carbonyl (C=O) groups excluding carboxylic acids is 1. The Morgan fingerprint density at radius 3 is 2.58 bits per heavy atom. The monoisotopic (exact) mass is 181 g/mol. The summed E-state index contributed by atoms with van der Waals surface area (Å²) in [6.07, 6.45) is 0.296. The molecule has 12 heavy (non-hydrogen) atoms. The molecular formula is C9H9O2S. The van der Waals surface area contributed by atoms with E-state index in [1.807, 2.05) is 18.2 Å². The van der Waals surface area contributed by atoms with Gasteiger partial charge in [0.15, 0.2) is 0 Å². The van der Waals surface area contributed by atoms with E-state index in [-0.39, 0.29) is 5.97 Å². The lowest BCUT2D eigenvalue weighted by Crippen LogP contribution is -2.07. The molecule has 0 unspecified atom stereocenters. The standard InChI is InChI=1S/C9H9O2S/c10-9(6-7-12)11-8-4-2-1-3-5-8/h1-5H,6-7H2. The third kappa shape index (κ3) is 2.96. The highest BCUT2D eigenvalue weighted by Gasteiger charge is 2.01. The van der Waals surface area contributed by atoms with Gasteiger partial charge in [-0.05, 0) is 12.1 Å². The molecule has 0 N–H and O–H groups in total. The topological polar surface area (TPSA) is 26.3 Å². The van der Waals surface area contributed by atoms with E-state index < -0.39 is 0 Å². The average molecular weight is 181 g/mol. The van der Waals surface area contributed by atoms with Crippen molar-refractivity contribution in [3.63, 3.8) is 0 Å². The fraction of sp³-hybridized carbons (Fsp3) is 0.222. The molecule has 2 nitrogen and oxygen atoms in total. The van der Waals surface area contributed by atoms with Gasteiger partial charge in [0.1, 0.15) is 5.75 Å². The van der Waals surface area contributed by atoms with Gasteiger partial charge in [-0.3, -0.25) is 4.79 Å². The minimum atomic E-state index is -0.267. The maximum Gasteiger partial charge on any atom is 0.312 e. The zero-order valence-corrected chi connectivity index (χ0v) is 7.34. The van der Waals surface area contributed by atoms with Gasteiger partial charge in [0.2, 0.25) is 0 Å². The van der Waals surface area contributed by atoms with E-state index in [0.29, 0.717) is 17.9 Å². The number of rotatable bonds is 3. The molecule has 0 saturated carbocycles. The lowest BCUT2D eigenvalue weighted by atomic mass is 10.3. The normalized spacial score (nSPS) is 9.42. The van der Waals surface area contributed by atoms with Crippen molar-refractivity contribution in [1.82, 2.24) is 0 Å². The average Bonchev–Trinajstić information content (AvgIpc) is 2.06. The number of hydrogen-bond donors (Lipinski definition) is 0. The first-order valence-corrected chi connectivity index (χ1v) is 4.24. The molecule has 0 aromatic heterocycles. The van der Waals surface area contributed by atoms with Crippen molar-refractivity contribution in [2.24, 2.45) is 0 Å². The molecular weight excluding hydrogens is 172 g/mol. The zero-order valence-electron chi connectivity index (χ0n) is 6.53. The van der Waals surface area contributed by atoms with Crippen LogP contribution in [-0.4, -0.2) is 11.7 Å². The molecule has 0 aliphatic carbocycles. The molecule has 1 radical (unpaired) electrons. The fourth-order valence-corrected chi connectivity index (χ4v) is 0.921. The number of ether oxygens (including phenoxy) is 1. The molecule has 3 heteroatoms. The first-order chi connectivity index (χ1) is 5.83. The summed E-state index contributed by atoms with van der Waals surface area (Å²) in [7, 11) is 0. The Bertz CT molecular complexity index is 246. The second kappa shape index (κ2) is 4.83. The van der Waals surface area contributed by atoms with E-state index in [0.717, 1.165) is 0 Å². The minimum Gasteiger partial charge on any atom is -0.427 e. The van der Waals surface area contributed by atoms with Crippen molar-refractivity contribution in [2.45, 2.75) is 6.42 Å². The third-order valence-corrected chi connectivity index (χ3v) is 1.49. The fourth-order valence-electron chi connectivity index (χ4n) is 0.754. The van der Waals surface area contributed by atoms with Gasteiger partial charge in [-0.25, -0.2) is 0 Å². The lowest BCUT2D eigenvalue weighted by molar-refractivity contribution is -0.133. The first-order valence-electron chi connectivity index (χ1n) is 3.67. The van der Waals surface area contributed by atoms with E-state index >= 15 is 0 Å². The molecule has 0 spiro atoms. The summed E-state index contributed by atoms with van der Waals surface area (Å²) in [6, 6.07) is 8.97. The quantitative estimate of drug-likeness (QED) is 0.527. The van der Waals surface area contributed by atoms with Gasteiger partial charge in [-0.1, -0.05) is 30.8 Å². The molecule has 1 aromatic carbocycles. The van der Waals surface area contributed by atoms with Crippen molar-refractivity contribution in [3.8, 4) is 5.75 Å². The Morgan fingerprint density at radius 1 is 1.33 bits per heavy atom. The number of hydrogen-bond acceptors (Lipinski definition) is 2. The van der Waals surface area contributed by atoms with E-state index in [9.17, 15) is 4.79 Å². The summed E-state index contributed by atoms with van der Waals surface area (Å²) >= 11 is 4.64. The number of para-hydroxylation sites is 1. The summed E-state index contributed by atoms with van der Waals surface area (Å²) in [5, 5.41) is 0. The van der Waals surface area contributed by atoms with Crippen molar-refractivity contribution in [2.75, 3.05) is 5.75 Å². The van der Waals surface area contributed by atoms with Crippen LogP contribution < -0.4 is 4.74 Å². The predicted molar refractivity (Wildman–Crippen MR) is 49.2 cm³/mol. The van der Waals surface area contributed by atoms with Gasteiger partial charge < -0.3 is 4.74 Å². The van der Waals surface area contributed by atoms with Crippen molar-refractivity contribution >= 4 is 18.6 Å². The maximum absolute atomic E-state index is 10.9. The van der Waals surface area contributed by atoms with Gasteiger partial charge in [0, 0.05) is 5.75 Å². The molecule has 0 aliphatic rings. The lowest BCUT2D eigenvalue weighted by Gasteiger charge is -2.00. The van der Waals surface area contributed by atoms with Crippen LogP contribution in [0.4, 0.5) is 0 Å². The van der Waals surface area contributed by atoms with Crippen LogP contribution in [0, 0.1) is 0 Å². The van der Waals surface area contributed by atoms with Crippen LogP contribution in [0.5, 0.6) is 5.75 Å². The van der Waals surface area contributed by atoms with E-state index in [4.69, 9.17) is 4.74 Å². The molecule has 0 bridgehead atoms. The highest BCUT2D eigenvalue weighted by molar-refractivity contribution is 7.80. The molecule has 0 fully saturated rings. The molecule has 0 saturated heterocycles. The smallest absolute Gasteiger partial charge is 0.312 e. The highest BCUT2D eigenvalue weighted by atomic mass is 32.1. The molecule has 0 atom stereocenters. The summed E-state index contributed by atoms with van der Waals surface area (Å²) in [6.45, 7) is 0. The van der Waals surface area contributed by atoms with E-state index in [1.54, 1.807) is 12.1 Å². The Hall–Kier alpha value is -0.960. The zero-order chi connectivity index (χ0) is 8.81. The van der Waals surface area contributed by atoms with Gasteiger partial charge >= 0.3 is 5.97 Å². The number of carbonyl (C=O) groups is 1. The highest BCUT2D eigenvalue weighted by Crippen LogP contribution is 2.08. The van der Waals surface area contributed by atoms with Gasteiger partial charge in [-0.2, -0.15) is 0 Å². The molecule has 0 heterocycles. The maximum atomic E-state index is 10.9. The van der Waals surface area contributed by atoms with Crippen LogP contribution in [0.15, 0.2) is 30.3 Å². The second-order valence-corrected chi connectivity index (χ2v) is 2.65.